The van der Waals surface area contributed by atoms with E-state index < -0.39 is 0 Å². The molecular formula is C20H23N3O2. The van der Waals surface area contributed by atoms with Gasteiger partial charge in [-0.2, -0.15) is 0 Å². The molecule has 5 nitrogen and oxygen atoms in total. The van der Waals surface area contributed by atoms with Crippen LogP contribution in [0.25, 0.3) is 0 Å². The lowest BCUT2D eigenvalue weighted by atomic mass is 10.2. The van der Waals surface area contributed by atoms with Crippen LogP contribution in [0.15, 0.2) is 60.7 Å². The molecule has 3 rings (SSSR count). The molecule has 0 unspecified atom stereocenters. The zero-order valence-corrected chi connectivity index (χ0v) is 14.4. The number of carbonyl (C=O) groups excluding carboxylic acids is 2. The number of nitrogens with one attached hydrogen (secondary N) is 1. The fourth-order valence-electron chi connectivity index (χ4n) is 3.06. The van der Waals surface area contributed by atoms with Crippen LogP contribution in [0.5, 0.6) is 0 Å². The van der Waals surface area contributed by atoms with Gasteiger partial charge in [-0.1, -0.05) is 48.5 Å². The highest BCUT2D eigenvalue weighted by Gasteiger charge is 2.32. The highest BCUT2D eigenvalue weighted by atomic mass is 16.2. The maximum absolute atomic E-state index is 12.6. The van der Waals surface area contributed by atoms with E-state index in [0.717, 1.165) is 11.3 Å². The van der Waals surface area contributed by atoms with Gasteiger partial charge >= 0.3 is 6.03 Å². The number of amides is 3. The van der Waals surface area contributed by atoms with E-state index in [9.17, 15) is 9.59 Å². The second-order valence-electron chi connectivity index (χ2n) is 6.19. The van der Waals surface area contributed by atoms with E-state index in [-0.39, 0.29) is 18.0 Å². The summed E-state index contributed by atoms with van der Waals surface area (Å²) in [7, 11) is 0. The summed E-state index contributed by atoms with van der Waals surface area (Å²) < 4.78 is 0. The van der Waals surface area contributed by atoms with E-state index in [4.69, 9.17) is 0 Å². The monoisotopic (exact) mass is 337 g/mol. The maximum atomic E-state index is 12.6. The molecule has 1 saturated heterocycles. The molecule has 5 heteroatoms. The second-order valence-corrected chi connectivity index (χ2v) is 6.19. The molecule has 25 heavy (non-hydrogen) atoms. The maximum Gasteiger partial charge on any atom is 0.317 e. The van der Waals surface area contributed by atoms with E-state index in [1.54, 1.807) is 9.80 Å². The molecule has 1 heterocycles. The second kappa shape index (κ2) is 7.83. The molecule has 0 bridgehead atoms. The molecule has 0 radical (unpaired) electrons. The van der Waals surface area contributed by atoms with Crippen molar-refractivity contribution in [3.63, 3.8) is 0 Å². The number of benzene rings is 2. The Morgan fingerprint density at radius 2 is 1.76 bits per heavy atom. The summed E-state index contributed by atoms with van der Waals surface area (Å²) in [5.74, 6) is 0.0441. The Morgan fingerprint density at radius 1 is 1.12 bits per heavy atom. The Labute approximate surface area is 148 Å². The smallest absolute Gasteiger partial charge is 0.317 e. The molecule has 2 aromatic carbocycles. The highest BCUT2D eigenvalue weighted by Crippen LogP contribution is 2.21. The van der Waals surface area contributed by atoms with Gasteiger partial charge in [-0.15, -0.1) is 0 Å². The molecule has 130 valence electrons. The van der Waals surface area contributed by atoms with Gasteiger partial charge in [0.1, 0.15) is 0 Å². The van der Waals surface area contributed by atoms with Crippen LogP contribution in [0.4, 0.5) is 10.5 Å². The number of rotatable bonds is 5. The van der Waals surface area contributed by atoms with Gasteiger partial charge < -0.3 is 15.1 Å². The van der Waals surface area contributed by atoms with E-state index in [2.05, 4.69) is 5.32 Å². The van der Waals surface area contributed by atoms with Gasteiger partial charge in [-0.25, -0.2) is 4.79 Å². The van der Waals surface area contributed by atoms with Crippen LogP contribution < -0.4 is 10.2 Å². The fourth-order valence-corrected chi connectivity index (χ4v) is 3.06. The summed E-state index contributed by atoms with van der Waals surface area (Å²) in [6, 6.07) is 19.2. The van der Waals surface area contributed by atoms with Crippen LogP contribution in [0.1, 0.15) is 18.9 Å². The number of para-hydroxylation sites is 1. The van der Waals surface area contributed by atoms with E-state index >= 15 is 0 Å². The van der Waals surface area contributed by atoms with Crippen LogP contribution >= 0.6 is 0 Å². The Hall–Kier alpha value is -2.82. The van der Waals surface area contributed by atoms with Crippen LogP contribution in [0.2, 0.25) is 0 Å². The van der Waals surface area contributed by atoms with Crippen molar-refractivity contribution in [2.45, 2.75) is 25.9 Å². The average Bonchev–Trinajstić information content (AvgIpc) is 3.01. The first-order valence-electron chi connectivity index (χ1n) is 8.62. The minimum Gasteiger partial charge on any atom is -0.333 e. The summed E-state index contributed by atoms with van der Waals surface area (Å²) in [5, 5.41) is 3.00. The topological polar surface area (TPSA) is 52.7 Å². The number of anilines is 1. The number of carbonyl (C=O) groups is 2. The number of hydrogen-bond donors (Lipinski definition) is 1. The van der Waals surface area contributed by atoms with E-state index in [0.29, 0.717) is 26.1 Å². The zero-order chi connectivity index (χ0) is 17.6. The highest BCUT2D eigenvalue weighted by molar-refractivity contribution is 5.96. The van der Waals surface area contributed by atoms with Gasteiger partial charge in [-0.05, 0) is 24.6 Å². The van der Waals surface area contributed by atoms with Crippen molar-refractivity contribution >= 4 is 17.6 Å². The predicted octanol–water partition coefficient (Wildman–Crippen LogP) is 3.02. The standard InChI is InChI=1S/C20H23N3O2/c1-2-22(14-16-9-5-3-6-10-16)20(25)21-17-13-19(24)23(15-17)18-11-7-4-8-12-18/h3-12,17H,2,13-15H2,1H3,(H,21,25)/t17-/m1/s1. The van der Waals surface area contributed by atoms with Crippen molar-refractivity contribution in [1.29, 1.82) is 0 Å². The molecule has 2 aromatic rings. The lowest BCUT2D eigenvalue weighted by Gasteiger charge is -2.24. The normalized spacial score (nSPS) is 16.8. The molecular weight excluding hydrogens is 314 g/mol. The summed E-state index contributed by atoms with van der Waals surface area (Å²) in [4.78, 5) is 28.3. The SMILES string of the molecule is CCN(Cc1ccccc1)C(=O)N[C@@H]1CC(=O)N(c2ccccc2)C1. The van der Waals surface area contributed by atoms with Crippen molar-refractivity contribution in [2.24, 2.45) is 0 Å². The third kappa shape index (κ3) is 4.18. The first kappa shape index (κ1) is 17.0. The number of nitrogens with zero attached hydrogens (tertiary/aromatic N) is 2. The first-order valence-corrected chi connectivity index (χ1v) is 8.62. The zero-order valence-electron chi connectivity index (χ0n) is 14.4. The van der Waals surface area contributed by atoms with Crippen molar-refractivity contribution in [3.8, 4) is 0 Å². The van der Waals surface area contributed by atoms with E-state index in [1.165, 1.54) is 0 Å². The molecule has 0 aromatic heterocycles. The van der Waals surface area contributed by atoms with Crippen molar-refractivity contribution in [1.82, 2.24) is 10.2 Å². The van der Waals surface area contributed by atoms with Crippen molar-refractivity contribution < 1.29 is 9.59 Å². The van der Waals surface area contributed by atoms with Crippen molar-refractivity contribution in [2.75, 3.05) is 18.0 Å². The molecule has 1 atom stereocenters. The quantitative estimate of drug-likeness (QED) is 0.912. The Balaban J connectivity index is 1.60. The van der Waals surface area contributed by atoms with Gasteiger partial charge in [0, 0.05) is 31.7 Å². The third-order valence-electron chi connectivity index (χ3n) is 4.41. The largest absolute Gasteiger partial charge is 0.333 e. The van der Waals surface area contributed by atoms with Gasteiger partial charge in [0.25, 0.3) is 0 Å². The van der Waals surface area contributed by atoms with Gasteiger partial charge in [0.15, 0.2) is 0 Å². The lowest BCUT2D eigenvalue weighted by molar-refractivity contribution is -0.117. The molecule has 1 aliphatic heterocycles. The molecule has 1 N–H and O–H groups in total. The summed E-state index contributed by atoms with van der Waals surface area (Å²) in [6.07, 6.45) is 0.337. The van der Waals surface area contributed by atoms with E-state index in [1.807, 2.05) is 67.6 Å². The summed E-state index contributed by atoms with van der Waals surface area (Å²) in [5.41, 5.74) is 1.97. The number of urea groups is 1. The number of hydrogen-bond acceptors (Lipinski definition) is 2. The minimum atomic E-state index is -0.162. The van der Waals surface area contributed by atoms with Crippen LogP contribution in [-0.2, 0) is 11.3 Å². The third-order valence-corrected chi connectivity index (χ3v) is 4.41. The van der Waals surface area contributed by atoms with Crippen molar-refractivity contribution in [3.05, 3.63) is 66.2 Å². The fraction of sp³-hybridized carbons (Fsp3) is 0.300. The average molecular weight is 337 g/mol. The molecule has 0 saturated carbocycles. The first-order chi connectivity index (χ1) is 12.2. The predicted molar refractivity (Wildman–Crippen MR) is 98.3 cm³/mol. The van der Waals surface area contributed by atoms with Gasteiger partial charge in [-0.3, -0.25) is 4.79 Å². The Kier molecular flexibility index (Phi) is 5.33. The minimum absolute atomic E-state index is 0.0441. The van der Waals surface area contributed by atoms with Gasteiger partial charge in [0.05, 0.1) is 6.04 Å². The molecule has 3 amide bonds. The van der Waals surface area contributed by atoms with Gasteiger partial charge in [0.2, 0.25) is 5.91 Å². The lowest BCUT2D eigenvalue weighted by Crippen LogP contribution is -2.45. The van der Waals surface area contributed by atoms with Crippen LogP contribution in [0, 0.1) is 0 Å². The molecule has 1 aliphatic rings. The summed E-state index contributed by atoms with van der Waals surface area (Å²) >= 11 is 0. The Bertz CT molecular complexity index is 718. The van der Waals surface area contributed by atoms with Crippen LogP contribution in [0.3, 0.4) is 0 Å². The molecule has 0 spiro atoms. The van der Waals surface area contributed by atoms with Crippen LogP contribution in [-0.4, -0.2) is 36.0 Å². The molecule has 1 fully saturated rings. The Morgan fingerprint density at radius 3 is 2.40 bits per heavy atom. The summed E-state index contributed by atoms with van der Waals surface area (Å²) in [6.45, 7) is 3.64. The molecule has 0 aliphatic carbocycles.